The molecule has 1 aromatic carbocycles. The van der Waals surface area contributed by atoms with Gasteiger partial charge in [-0.3, -0.25) is 4.79 Å². The Bertz CT molecular complexity index is 1030. The molecule has 0 bridgehead atoms. The zero-order chi connectivity index (χ0) is 20.9. The maximum atomic E-state index is 13.8. The van der Waals surface area contributed by atoms with Crippen molar-refractivity contribution < 1.29 is 40.3 Å². The largest absolute Gasteiger partial charge is 0.493 e. The molecule has 0 aliphatic heterocycles. The number of carbonyl (C=O) groups is 1. The normalized spacial score (nSPS) is 13.0. The van der Waals surface area contributed by atoms with Gasteiger partial charge in [-0.15, -0.1) is 0 Å². The van der Waals surface area contributed by atoms with Crippen molar-refractivity contribution in [1.82, 2.24) is 9.78 Å². The Labute approximate surface area is 150 Å². The van der Waals surface area contributed by atoms with Gasteiger partial charge in [0.05, 0.1) is 11.1 Å². The minimum atomic E-state index is -6.04. The van der Waals surface area contributed by atoms with Crippen LogP contribution in [0.15, 0.2) is 23.2 Å². The highest BCUT2D eigenvalue weighted by Gasteiger charge is 2.60. The fourth-order valence-electron chi connectivity index (χ4n) is 2.55. The number of sulfone groups is 1. The van der Waals surface area contributed by atoms with Crippen LogP contribution in [0.5, 0.6) is 5.88 Å². The van der Waals surface area contributed by atoms with Gasteiger partial charge in [-0.25, -0.2) is 13.1 Å². The van der Waals surface area contributed by atoms with E-state index in [4.69, 9.17) is 0 Å². The number of carbonyl (C=O) groups excluding carboxylic acids is 1. The van der Waals surface area contributed by atoms with Crippen molar-refractivity contribution in [3.8, 4) is 5.88 Å². The molecule has 148 valence electrons. The van der Waals surface area contributed by atoms with E-state index in [9.17, 15) is 40.3 Å². The molecule has 0 spiro atoms. The lowest BCUT2D eigenvalue weighted by molar-refractivity contribution is -0.290. The zero-order valence-corrected chi connectivity index (χ0v) is 14.9. The zero-order valence-electron chi connectivity index (χ0n) is 14.1. The quantitative estimate of drug-likeness (QED) is 0.616. The molecular formula is C15H13F5N2O4S. The molecule has 1 aromatic heterocycles. The first-order valence-corrected chi connectivity index (χ1v) is 9.04. The van der Waals surface area contributed by atoms with Gasteiger partial charge in [0.1, 0.15) is 5.56 Å². The molecule has 0 radical (unpaired) electrons. The van der Waals surface area contributed by atoms with Gasteiger partial charge in [0.25, 0.3) is 0 Å². The van der Waals surface area contributed by atoms with Crippen molar-refractivity contribution in [2.24, 2.45) is 7.05 Å². The van der Waals surface area contributed by atoms with E-state index in [0.717, 1.165) is 17.8 Å². The molecule has 12 heteroatoms. The predicted octanol–water partition coefficient (Wildman–Crippen LogP) is 2.72. The van der Waals surface area contributed by atoms with Crippen molar-refractivity contribution in [1.29, 1.82) is 0 Å². The Morgan fingerprint density at radius 2 is 1.70 bits per heavy atom. The van der Waals surface area contributed by atoms with Gasteiger partial charge in [-0.1, -0.05) is 12.1 Å². The third kappa shape index (κ3) is 3.40. The number of aryl methyl sites for hydroxylation is 1. The molecule has 6 nitrogen and oxygen atoms in total. The number of hydrogen-bond donors (Lipinski definition) is 1. The third-order valence-electron chi connectivity index (χ3n) is 3.87. The van der Waals surface area contributed by atoms with Gasteiger partial charge >= 0.3 is 12.1 Å². The molecule has 0 unspecified atom stereocenters. The summed E-state index contributed by atoms with van der Waals surface area (Å²) in [5.41, 5.74) is -3.19. The van der Waals surface area contributed by atoms with E-state index in [2.05, 4.69) is 5.10 Å². The fourth-order valence-corrected chi connectivity index (χ4v) is 3.81. The van der Waals surface area contributed by atoms with Crippen molar-refractivity contribution in [2.45, 2.75) is 23.9 Å². The summed E-state index contributed by atoms with van der Waals surface area (Å²) < 4.78 is 90.7. The molecule has 27 heavy (non-hydrogen) atoms. The molecule has 0 saturated heterocycles. The first kappa shape index (κ1) is 20.8. The second kappa shape index (κ2) is 6.29. The van der Waals surface area contributed by atoms with Crippen LogP contribution in [0.2, 0.25) is 0 Å². The number of hydrogen-bond acceptors (Lipinski definition) is 5. The van der Waals surface area contributed by atoms with Gasteiger partial charge in [0.15, 0.2) is 15.6 Å². The minimum Gasteiger partial charge on any atom is -0.493 e. The number of rotatable bonds is 4. The van der Waals surface area contributed by atoms with Gasteiger partial charge < -0.3 is 5.11 Å². The molecule has 1 N–H and O–H groups in total. The van der Waals surface area contributed by atoms with Gasteiger partial charge in [-0.05, 0) is 12.5 Å². The van der Waals surface area contributed by atoms with E-state index >= 15 is 0 Å². The summed E-state index contributed by atoms with van der Waals surface area (Å²) in [6.07, 6.45) is -4.62. The number of aromatic nitrogens is 2. The standard InChI is InChI=1S/C15H13F5N2O4S/c1-7-8(11(23)9-6-21-22(2)13(9)24)4-5-10(12(7)27(3,25)26)14(16,17)15(18,19)20/h4-6,24H,1-3H3. The maximum Gasteiger partial charge on any atom is 0.458 e. The molecule has 2 rings (SSSR count). The lowest BCUT2D eigenvalue weighted by atomic mass is 9.96. The number of benzene rings is 1. The molecule has 2 aromatic rings. The van der Waals surface area contributed by atoms with Crippen LogP contribution in [0.25, 0.3) is 0 Å². The molecule has 0 amide bonds. The Morgan fingerprint density at radius 3 is 2.11 bits per heavy atom. The Balaban J connectivity index is 2.80. The smallest absolute Gasteiger partial charge is 0.458 e. The Kier molecular flexibility index (Phi) is 4.85. The van der Waals surface area contributed by atoms with Crippen LogP contribution in [0, 0.1) is 6.92 Å². The summed E-state index contributed by atoms with van der Waals surface area (Å²) >= 11 is 0. The van der Waals surface area contributed by atoms with E-state index < -0.39 is 55.2 Å². The van der Waals surface area contributed by atoms with Crippen molar-refractivity contribution >= 4 is 15.6 Å². The number of halogens is 5. The van der Waals surface area contributed by atoms with Crippen molar-refractivity contribution in [2.75, 3.05) is 6.26 Å². The highest BCUT2D eigenvalue weighted by atomic mass is 32.2. The first-order chi connectivity index (χ1) is 12.1. The van der Waals surface area contributed by atoms with Crippen LogP contribution in [-0.4, -0.2) is 41.5 Å². The summed E-state index contributed by atoms with van der Waals surface area (Å²) in [5, 5.41) is 13.4. The summed E-state index contributed by atoms with van der Waals surface area (Å²) in [6.45, 7) is 0.937. The summed E-state index contributed by atoms with van der Waals surface area (Å²) in [4.78, 5) is 11.2. The van der Waals surface area contributed by atoms with E-state index in [0.29, 0.717) is 12.3 Å². The van der Waals surface area contributed by atoms with Crippen LogP contribution in [0.3, 0.4) is 0 Å². The van der Waals surface area contributed by atoms with E-state index in [1.165, 1.54) is 7.05 Å². The van der Waals surface area contributed by atoms with Crippen LogP contribution < -0.4 is 0 Å². The number of alkyl halides is 5. The number of ketones is 1. The summed E-state index contributed by atoms with van der Waals surface area (Å²) in [6, 6.07) is 0.908. The number of nitrogens with zero attached hydrogens (tertiary/aromatic N) is 2. The van der Waals surface area contributed by atoms with Gasteiger partial charge in [-0.2, -0.15) is 27.1 Å². The summed E-state index contributed by atoms with van der Waals surface area (Å²) in [7, 11) is -3.27. The minimum absolute atomic E-state index is 0.248. The second-order valence-electron chi connectivity index (χ2n) is 5.79. The van der Waals surface area contributed by atoms with Crippen LogP contribution in [0.4, 0.5) is 22.0 Å². The molecule has 0 atom stereocenters. The Hall–Kier alpha value is -2.50. The molecule has 0 saturated carbocycles. The highest BCUT2D eigenvalue weighted by Crippen LogP contribution is 2.47. The number of aromatic hydroxyl groups is 1. The van der Waals surface area contributed by atoms with E-state index in [1.807, 2.05) is 0 Å². The third-order valence-corrected chi connectivity index (χ3v) is 5.14. The molecular weight excluding hydrogens is 399 g/mol. The fraction of sp³-hybridized carbons (Fsp3) is 0.333. The van der Waals surface area contributed by atoms with Gasteiger partial charge in [0.2, 0.25) is 5.88 Å². The van der Waals surface area contributed by atoms with Crippen LogP contribution >= 0.6 is 0 Å². The molecule has 0 fully saturated rings. The average molecular weight is 412 g/mol. The van der Waals surface area contributed by atoms with Crippen LogP contribution in [0.1, 0.15) is 27.0 Å². The predicted molar refractivity (Wildman–Crippen MR) is 82.5 cm³/mol. The maximum absolute atomic E-state index is 13.8. The van der Waals surface area contributed by atoms with E-state index in [1.54, 1.807) is 0 Å². The molecule has 1 heterocycles. The highest BCUT2D eigenvalue weighted by molar-refractivity contribution is 7.90. The van der Waals surface area contributed by atoms with Crippen molar-refractivity contribution in [3.63, 3.8) is 0 Å². The topological polar surface area (TPSA) is 89.3 Å². The monoisotopic (exact) mass is 412 g/mol. The van der Waals surface area contributed by atoms with Crippen LogP contribution in [-0.2, 0) is 22.8 Å². The second-order valence-corrected chi connectivity index (χ2v) is 7.75. The van der Waals surface area contributed by atoms with E-state index in [-0.39, 0.29) is 11.6 Å². The van der Waals surface area contributed by atoms with Gasteiger partial charge in [0, 0.05) is 24.4 Å². The SMILES string of the molecule is Cc1c(C(=O)c2cnn(C)c2O)ccc(C(F)(F)C(F)(F)F)c1S(C)(=O)=O. The Morgan fingerprint density at radius 1 is 1.15 bits per heavy atom. The lowest BCUT2D eigenvalue weighted by Crippen LogP contribution is -2.35. The lowest BCUT2D eigenvalue weighted by Gasteiger charge is -2.23. The first-order valence-electron chi connectivity index (χ1n) is 7.15. The summed E-state index contributed by atoms with van der Waals surface area (Å²) in [5.74, 6) is -7.01. The van der Waals surface area contributed by atoms with Crippen molar-refractivity contribution in [3.05, 3.63) is 40.6 Å². The molecule has 0 aliphatic carbocycles. The molecule has 0 aliphatic rings. The average Bonchev–Trinajstić information content (AvgIpc) is 2.83.